The lowest BCUT2D eigenvalue weighted by Crippen LogP contribution is -2.37. The van der Waals surface area contributed by atoms with Gasteiger partial charge in [0.05, 0.1) is 4.91 Å². The summed E-state index contributed by atoms with van der Waals surface area (Å²) in [6.45, 7) is -0.691. The second-order valence-electron chi connectivity index (χ2n) is 6.92. The Hall–Kier alpha value is -2.95. The van der Waals surface area contributed by atoms with Gasteiger partial charge in [-0.2, -0.15) is 8.78 Å². The fourth-order valence-electron chi connectivity index (χ4n) is 2.84. The summed E-state index contributed by atoms with van der Waals surface area (Å²) in [7, 11) is 0. The third kappa shape index (κ3) is 8.66. The topological polar surface area (TPSA) is 105 Å². The number of amides is 4. The van der Waals surface area contributed by atoms with Crippen LogP contribution in [0.15, 0.2) is 29.2 Å². The number of carbonyl (C=O) groups is 4. The van der Waals surface area contributed by atoms with E-state index in [1.807, 2.05) is 0 Å². The van der Waals surface area contributed by atoms with Crippen molar-refractivity contribution in [1.82, 2.24) is 15.5 Å². The van der Waals surface area contributed by atoms with E-state index in [-0.39, 0.29) is 35.6 Å². The summed E-state index contributed by atoms with van der Waals surface area (Å²) < 4.78 is 28.7. The van der Waals surface area contributed by atoms with E-state index in [9.17, 15) is 28.0 Å². The molecule has 1 heterocycles. The standard InChI is InChI=1S/C21H25F2N3O5S/c1-14(27)24-10-4-2-3-5-18(28)25-11-12-26-19(29)17(32-21(26)30)13-15-6-8-16(9-7-15)31-20(22)23/h6-9,13,20H,2-5,10-12H2,1H3,(H,24,27)(H,25,28)/b17-13-. The van der Waals surface area contributed by atoms with Crippen molar-refractivity contribution in [1.29, 1.82) is 0 Å². The largest absolute Gasteiger partial charge is 0.435 e. The number of nitrogens with zero attached hydrogens (tertiary/aromatic N) is 1. The first-order valence-corrected chi connectivity index (χ1v) is 10.9. The lowest BCUT2D eigenvalue weighted by atomic mass is 10.2. The number of carbonyl (C=O) groups excluding carboxylic acids is 4. The second-order valence-corrected chi connectivity index (χ2v) is 7.92. The van der Waals surface area contributed by atoms with Crippen LogP contribution in [0.25, 0.3) is 6.08 Å². The zero-order valence-corrected chi connectivity index (χ0v) is 18.4. The van der Waals surface area contributed by atoms with E-state index in [1.54, 1.807) is 0 Å². The molecular weight excluding hydrogens is 444 g/mol. The Bertz CT molecular complexity index is 861. The molecule has 174 valence electrons. The minimum Gasteiger partial charge on any atom is -0.435 e. The fraction of sp³-hybridized carbons (Fsp3) is 0.429. The van der Waals surface area contributed by atoms with Crippen LogP contribution in [0.1, 0.15) is 38.2 Å². The first-order chi connectivity index (χ1) is 15.3. The molecule has 2 N–H and O–H groups in total. The zero-order chi connectivity index (χ0) is 23.5. The third-order valence-corrected chi connectivity index (χ3v) is 5.30. The number of nitrogens with one attached hydrogen (secondary N) is 2. The van der Waals surface area contributed by atoms with Crippen molar-refractivity contribution in [3.8, 4) is 5.75 Å². The molecule has 0 bridgehead atoms. The molecule has 0 unspecified atom stereocenters. The van der Waals surface area contributed by atoms with Crippen LogP contribution in [0.5, 0.6) is 5.75 Å². The van der Waals surface area contributed by atoms with Gasteiger partial charge in [0.1, 0.15) is 5.75 Å². The van der Waals surface area contributed by atoms with E-state index >= 15 is 0 Å². The molecule has 0 aliphatic carbocycles. The van der Waals surface area contributed by atoms with E-state index in [0.29, 0.717) is 24.9 Å². The van der Waals surface area contributed by atoms with E-state index in [1.165, 1.54) is 37.3 Å². The van der Waals surface area contributed by atoms with Crippen molar-refractivity contribution < 1.29 is 32.7 Å². The zero-order valence-electron chi connectivity index (χ0n) is 17.6. The molecule has 0 spiro atoms. The lowest BCUT2D eigenvalue weighted by Gasteiger charge is -2.13. The highest BCUT2D eigenvalue weighted by molar-refractivity contribution is 8.18. The van der Waals surface area contributed by atoms with Crippen LogP contribution in [0, 0.1) is 0 Å². The Morgan fingerprint density at radius 2 is 1.81 bits per heavy atom. The van der Waals surface area contributed by atoms with E-state index in [4.69, 9.17) is 0 Å². The molecular formula is C21H25F2N3O5S. The Morgan fingerprint density at radius 1 is 1.09 bits per heavy atom. The number of alkyl halides is 2. The van der Waals surface area contributed by atoms with E-state index in [0.717, 1.165) is 29.5 Å². The maximum Gasteiger partial charge on any atom is 0.387 e. The molecule has 1 saturated heterocycles. The highest BCUT2D eigenvalue weighted by Crippen LogP contribution is 2.32. The first kappa shape index (κ1) is 25.3. The number of imide groups is 1. The average Bonchev–Trinajstić information content (AvgIpc) is 2.98. The summed E-state index contributed by atoms with van der Waals surface area (Å²) in [5.74, 6) is -0.728. The van der Waals surface area contributed by atoms with Gasteiger partial charge in [-0.05, 0) is 48.4 Å². The van der Waals surface area contributed by atoms with Crippen LogP contribution >= 0.6 is 11.8 Å². The SMILES string of the molecule is CC(=O)NCCCCCC(=O)NCCN1C(=O)S/C(=C\c2ccc(OC(F)F)cc2)C1=O. The molecule has 1 aliphatic rings. The van der Waals surface area contributed by atoms with Crippen LogP contribution in [0.2, 0.25) is 0 Å². The van der Waals surface area contributed by atoms with Gasteiger partial charge in [0.25, 0.3) is 11.1 Å². The van der Waals surface area contributed by atoms with Gasteiger partial charge in [-0.15, -0.1) is 0 Å². The Balaban J connectivity index is 1.74. The molecule has 8 nitrogen and oxygen atoms in total. The van der Waals surface area contributed by atoms with Crippen molar-refractivity contribution >= 4 is 40.8 Å². The van der Waals surface area contributed by atoms with Crippen molar-refractivity contribution in [3.63, 3.8) is 0 Å². The number of benzene rings is 1. The van der Waals surface area contributed by atoms with Crippen molar-refractivity contribution in [2.75, 3.05) is 19.6 Å². The van der Waals surface area contributed by atoms with Gasteiger partial charge < -0.3 is 15.4 Å². The van der Waals surface area contributed by atoms with Crippen LogP contribution in [-0.2, 0) is 14.4 Å². The Kier molecular flexibility index (Phi) is 10.1. The molecule has 1 aromatic rings. The molecule has 1 aliphatic heterocycles. The quantitative estimate of drug-likeness (QED) is 0.360. The van der Waals surface area contributed by atoms with Crippen LogP contribution in [0.4, 0.5) is 13.6 Å². The fourth-order valence-corrected chi connectivity index (χ4v) is 3.70. The maximum atomic E-state index is 12.5. The summed E-state index contributed by atoms with van der Waals surface area (Å²) in [6.07, 6.45) is 4.09. The predicted molar refractivity (Wildman–Crippen MR) is 116 cm³/mol. The molecule has 11 heteroatoms. The minimum absolute atomic E-state index is 0.00581. The van der Waals surface area contributed by atoms with Gasteiger partial charge in [0, 0.05) is 33.0 Å². The molecule has 1 aromatic carbocycles. The molecule has 0 aromatic heterocycles. The van der Waals surface area contributed by atoms with Gasteiger partial charge in [-0.1, -0.05) is 18.6 Å². The van der Waals surface area contributed by atoms with E-state index in [2.05, 4.69) is 15.4 Å². The average molecular weight is 470 g/mol. The first-order valence-electron chi connectivity index (χ1n) is 10.1. The summed E-state index contributed by atoms with van der Waals surface area (Å²) in [5, 5.41) is 4.94. The summed E-state index contributed by atoms with van der Waals surface area (Å²) in [5.41, 5.74) is 0.559. The smallest absolute Gasteiger partial charge is 0.387 e. The Labute approximate surface area is 188 Å². The monoisotopic (exact) mass is 469 g/mol. The number of ether oxygens (including phenoxy) is 1. The minimum atomic E-state index is -2.92. The predicted octanol–water partition coefficient (Wildman–Crippen LogP) is 3.14. The number of halogens is 2. The van der Waals surface area contributed by atoms with Gasteiger partial charge in [0.15, 0.2) is 0 Å². The molecule has 1 fully saturated rings. The Morgan fingerprint density at radius 3 is 2.47 bits per heavy atom. The lowest BCUT2D eigenvalue weighted by molar-refractivity contribution is -0.124. The van der Waals surface area contributed by atoms with Gasteiger partial charge in [0.2, 0.25) is 11.8 Å². The number of thioether (sulfide) groups is 1. The molecule has 2 rings (SSSR count). The highest BCUT2D eigenvalue weighted by atomic mass is 32.2. The van der Waals surface area contributed by atoms with E-state index < -0.39 is 17.8 Å². The molecule has 32 heavy (non-hydrogen) atoms. The van der Waals surface area contributed by atoms with Crippen molar-refractivity contribution in [2.45, 2.75) is 39.2 Å². The highest BCUT2D eigenvalue weighted by Gasteiger charge is 2.34. The summed E-state index contributed by atoms with van der Waals surface area (Å²) in [4.78, 5) is 48.5. The van der Waals surface area contributed by atoms with Gasteiger partial charge in [-0.3, -0.25) is 24.1 Å². The summed E-state index contributed by atoms with van der Waals surface area (Å²) in [6, 6.07) is 5.69. The maximum absolute atomic E-state index is 12.5. The number of unbranched alkanes of at least 4 members (excludes halogenated alkanes) is 2. The molecule has 0 saturated carbocycles. The number of hydrogen-bond donors (Lipinski definition) is 2. The molecule has 4 amide bonds. The number of rotatable bonds is 12. The van der Waals surface area contributed by atoms with Crippen LogP contribution < -0.4 is 15.4 Å². The van der Waals surface area contributed by atoms with Crippen molar-refractivity contribution in [3.05, 3.63) is 34.7 Å². The van der Waals surface area contributed by atoms with Crippen molar-refractivity contribution in [2.24, 2.45) is 0 Å². The van der Waals surface area contributed by atoms with Gasteiger partial charge in [-0.25, -0.2) is 0 Å². The van der Waals surface area contributed by atoms with Crippen LogP contribution in [0.3, 0.4) is 0 Å². The normalized spacial score (nSPS) is 14.9. The molecule has 0 radical (unpaired) electrons. The third-order valence-electron chi connectivity index (χ3n) is 4.39. The number of hydrogen-bond acceptors (Lipinski definition) is 6. The molecule has 0 atom stereocenters. The van der Waals surface area contributed by atoms with Gasteiger partial charge >= 0.3 is 6.61 Å². The second kappa shape index (κ2) is 12.8. The van der Waals surface area contributed by atoms with Crippen LogP contribution in [-0.4, -0.2) is 54.1 Å². The summed E-state index contributed by atoms with van der Waals surface area (Å²) >= 11 is 0.778.